The van der Waals surface area contributed by atoms with Gasteiger partial charge >= 0.3 is 0 Å². The van der Waals surface area contributed by atoms with Crippen molar-refractivity contribution in [2.75, 3.05) is 0 Å². The molecular weight excluding hydrogens is 697 g/mol. The van der Waals surface area contributed by atoms with Gasteiger partial charge in [0.15, 0.2) is 5.82 Å². The van der Waals surface area contributed by atoms with E-state index in [4.69, 9.17) is 9.97 Å². The first kappa shape index (κ1) is 32.6. The Labute approximate surface area is 331 Å². The molecule has 0 unspecified atom stereocenters. The Hall–Kier alpha value is -6.81. The predicted molar refractivity (Wildman–Crippen MR) is 231 cm³/mol. The molecule has 2 aliphatic rings. The topological polar surface area (TPSA) is 25.8 Å². The largest absolute Gasteiger partial charge is 0.228 e. The van der Waals surface area contributed by atoms with Crippen molar-refractivity contribution in [3.63, 3.8) is 0 Å². The Bertz CT molecular complexity index is 2910. The SMILES string of the molecule is c1ccc(-c2cccc(-c3cc(-c4cccc(-c5ccc6c(c5)Sc5ccccc5C65c6ccccc6-c6ccccc65)c4)nc(-c4ccccc4)n3)c2)cc1. The van der Waals surface area contributed by atoms with Gasteiger partial charge < -0.3 is 0 Å². The van der Waals surface area contributed by atoms with Crippen LogP contribution in [0.15, 0.2) is 216 Å². The van der Waals surface area contributed by atoms with Gasteiger partial charge in [0.25, 0.3) is 0 Å². The molecule has 3 heteroatoms. The zero-order valence-electron chi connectivity index (χ0n) is 30.4. The van der Waals surface area contributed by atoms with Crippen LogP contribution in [-0.2, 0) is 5.41 Å². The Balaban J connectivity index is 1.04. The first-order valence-electron chi connectivity index (χ1n) is 19.1. The van der Waals surface area contributed by atoms with E-state index in [1.165, 1.54) is 54.3 Å². The minimum absolute atomic E-state index is 0.381. The van der Waals surface area contributed by atoms with Gasteiger partial charge in [0, 0.05) is 26.5 Å². The summed E-state index contributed by atoms with van der Waals surface area (Å²) in [5, 5.41) is 0. The van der Waals surface area contributed by atoms with Crippen LogP contribution in [0.5, 0.6) is 0 Å². The third-order valence-corrected chi connectivity index (χ3v) is 12.5. The summed E-state index contributed by atoms with van der Waals surface area (Å²) in [4.78, 5) is 12.9. The summed E-state index contributed by atoms with van der Waals surface area (Å²) in [5.41, 5.74) is 17.2. The van der Waals surface area contributed by atoms with Crippen molar-refractivity contribution in [2.45, 2.75) is 15.2 Å². The van der Waals surface area contributed by atoms with Crippen LogP contribution >= 0.6 is 11.8 Å². The van der Waals surface area contributed by atoms with Crippen molar-refractivity contribution in [3.8, 4) is 67.3 Å². The van der Waals surface area contributed by atoms with Gasteiger partial charge in [-0.2, -0.15) is 0 Å². The van der Waals surface area contributed by atoms with Gasteiger partial charge in [0.1, 0.15) is 0 Å². The Morgan fingerprint density at radius 1 is 0.304 bits per heavy atom. The van der Waals surface area contributed by atoms with E-state index in [0.29, 0.717) is 5.82 Å². The van der Waals surface area contributed by atoms with Crippen molar-refractivity contribution >= 4 is 11.8 Å². The quantitative estimate of drug-likeness (QED) is 0.176. The molecule has 0 bridgehead atoms. The molecule has 0 saturated carbocycles. The molecule has 2 heterocycles. The van der Waals surface area contributed by atoms with Crippen LogP contribution in [0, 0.1) is 0 Å². The maximum absolute atomic E-state index is 5.19. The lowest BCUT2D eigenvalue weighted by atomic mass is 9.67. The lowest BCUT2D eigenvalue weighted by Gasteiger charge is -2.39. The molecule has 11 rings (SSSR count). The standard InChI is InChI=1S/C53H34N2S/c1-3-15-35(16-4-1)37-19-13-21-40(31-37)48-34-49(55-52(54-48)36-17-5-2-6-18-36)41-22-14-20-38(32-41)39-29-30-47-51(33-39)56-50-28-12-11-27-46(50)53(47)44-25-9-7-23-42(44)43-24-8-10-26-45(43)53/h1-34H. The highest BCUT2D eigenvalue weighted by molar-refractivity contribution is 7.99. The molecule has 8 aromatic carbocycles. The molecule has 0 radical (unpaired) electrons. The van der Waals surface area contributed by atoms with Crippen molar-refractivity contribution in [2.24, 2.45) is 0 Å². The van der Waals surface area contributed by atoms with E-state index in [0.717, 1.165) is 39.2 Å². The van der Waals surface area contributed by atoms with Gasteiger partial charge in [0.2, 0.25) is 0 Å². The van der Waals surface area contributed by atoms with Crippen LogP contribution in [0.1, 0.15) is 22.3 Å². The molecule has 1 aliphatic carbocycles. The molecule has 0 amide bonds. The van der Waals surface area contributed by atoms with E-state index >= 15 is 0 Å². The van der Waals surface area contributed by atoms with Crippen molar-refractivity contribution in [1.82, 2.24) is 9.97 Å². The first-order valence-corrected chi connectivity index (χ1v) is 19.9. The predicted octanol–water partition coefficient (Wildman–Crippen LogP) is 13.6. The van der Waals surface area contributed by atoms with Gasteiger partial charge in [0.05, 0.1) is 16.8 Å². The molecule has 0 fully saturated rings. The van der Waals surface area contributed by atoms with Crippen LogP contribution < -0.4 is 0 Å². The smallest absolute Gasteiger partial charge is 0.160 e. The third-order valence-electron chi connectivity index (χ3n) is 11.4. The zero-order valence-corrected chi connectivity index (χ0v) is 31.2. The van der Waals surface area contributed by atoms with E-state index in [1.807, 2.05) is 30.0 Å². The molecular formula is C53H34N2S. The monoisotopic (exact) mass is 730 g/mol. The molecule has 2 nitrogen and oxygen atoms in total. The fourth-order valence-electron chi connectivity index (χ4n) is 8.85. The summed E-state index contributed by atoms with van der Waals surface area (Å²) in [7, 11) is 0. The number of fused-ring (bicyclic) bond motifs is 9. The van der Waals surface area contributed by atoms with Crippen LogP contribution in [0.25, 0.3) is 67.3 Å². The van der Waals surface area contributed by atoms with Crippen LogP contribution in [0.3, 0.4) is 0 Å². The Kier molecular flexibility index (Phi) is 7.68. The van der Waals surface area contributed by atoms with E-state index in [2.05, 4.69) is 188 Å². The van der Waals surface area contributed by atoms with E-state index in [1.54, 1.807) is 0 Å². The Morgan fingerprint density at radius 3 is 1.41 bits per heavy atom. The second-order valence-electron chi connectivity index (χ2n) is 14.5. The third kappa shape index (κ3) is 5.20. The second-order valence-corrected chi connectivity index (χ2v) is 15.6. The molecule has 0 N–H and O–H groups in total. The van der Waals surface area contributed by atoms with Crippen molar-refractivity contribution in [3.05, 3.63) is 229 Å². The van der Waals surface area contributed by atoms with Crippen molar-refractivity contribution in [1.29, 1.82) is 0 Å². The molecule has 56 heavy (non-hydrogen) atoms. The van der Waals surface area contributed by atoms with E-state index < -0.39 is 0 Å². The fourth-order valence-corrected chi connectivity index (χ4v) is 10.1. The molecule has 1 aromatic heterocycles. The minimum Gasteiger partial charge on any atom is -0.228 e. The average molecular weight is 731 g/mol. The normalized spacial score (nSPS) is 13.1. The molecule has 262 valence electrons. The summed E-state index contributed by atoms with van der Waals surface area (Å²) in [6, 6.07) is 74.4. The molecule has 9 aromatic rings. The van der Waals surface area contributed by atoms with Gasteiger partial charge in [-0.25, -0.2) is 9.97 Å². The van der Waals surface area contributed by atoms with Gasteiger partial charge in [-0.05, 0) is 86.0 Å². The number of aromatic nitrogens is 2. The number of nitrogens with zero attached hydrogens (tertiary/aromatic N) is 2. The highest BCUT2D eigenvalue weighted by atomic mass is 32.2. The van der Waals surface area contributed by atoms with Crippen LogP contribution in [0.2, 0.25) is 0 Å². The number of benzene rings is 8. The fraction of sp³-hybridized carbons (Fsp3) is 0.0189. The minimum atomic E-state index is -0.381. The number of rotatable bonds is 5. The summed E-state index contributed by atoms with van der Waals surface area (Å²) in [6.45, 7) is 0. The second kappa shape index (κ2) is 13.2. The summed E-state index contributed by atoms with van der Waals surface area (Å²) in [5.74, 6) is 0.708. The van der Waals surface area contributed by atoms with Crippen LogP contribution in [-0.4, -0.2) is 9.97 Å². The molecule has 0 atom stereocenters. The van der Waals surface area contributed by atoms with Crippen LogP contribution in [0.4, 0.5) is 0 Å². The van der Waals surface area contributed by atoms with E-state index in [-0.39, 0.29) is 5.41 Å². The van der Waals surface area contributed by atoms with Gasteiger partial charge in [-0.15, -0.1) is 0 Å². The summed E-state index contributed by atoms with van der Waals surface area (Å²) in [6.07, 6.45) is 0. The number of hydrogen-bond acceptors (Lipinski definition) is 3. The number of hydrogen-bond donors (Lipinski definition) is 0. The lowest BCUT2D eigenvalue weighted by molar-refractivity contribution is 0.722. The summed E-state index contributed by atoms with van der Waals surface area (Å²) >= 11 is 1.88. The van der Waals surface area contributed by atoms with E-state index in [9.17, 15) is 0 Å². The Morgan fingerprint density at radius 2 is 0.768 bits per heavy atom. The first-order chi connectivity index (χ1) is 27.7. The molecule has 0 saturated heterocycles. The maximum atomic E-state index is 5.19. The lowest BCUT2D eigenvalue weighted by Crippen LogP contribution is -2.31. The average Bonchev–Trinajstić information content (AvgIpc) is 3.57. The summed E-state index contributed by atoms with van der Waals surface area (Å²) < 4.78 is 0. The molecule has 1 spiro atoms. The van der Waals surface area contributed by atoms with Crippen molar-refractivity contribution < 1.29 is 0 Å². The van der Waals surface area contributed by atoms with Gasteiger partial charge in [-0.3, -0.25) is 0 Å². The zero-order chi connectivity index (χ0) is 37.1. The highest BCUT2D eigenvalue weighted by Crippen LogP contribution is 2.62. The maximum Gasteiger partial charge on any atom is 0.160 e. The van der Waals surface area contributed by atoms with Gasteiger partial charge in [-0.1, -0.05) is 188 Å². The molecule has 1 aliphatic heterocycles. The highest BCUT2D eigenvalue weighted by Gasteiger charge is 2.50.